The molecule has 0 radical (unpaired) electrons. The maximum absolute atomic E-state index is 5.61. The number of amidine groups is 1. The molecule has 4 nitrogen and oxygen atoms in total. The molecule has 0 N–H and O–H groups in total. The summed E-state index contributed by atoms with van der Waals surface area (Å²) >= 11 is 5.37. The Morgan fingerprint density at radius 2 is 1.90 bits per heavy atom. The lowest BCUT2D eigenvalue weighted by Crippen LogP contribution is -2.23. The van der Waals surface area contributed by atoms with Gasteiger partial charge in [-0.3, -0.25) is 0 Å². The summed E-state index contributed by atoms with van der Waals surface area (Å²) in [5, 5.41) is 0. The van der Waals surface area contributed by atoms with Crippen molar-refractivity contribution in [2.45, 2.75) is 6.92 Å². The number of rotatable bonds is 3. The number of benzene rings is 1. The van der Waals surface area contributed by atoms with Crippen molar-refractivity contribution in [2.24, 2.45) is 9.98 Å². The Bertz CT molecular complexity index is 588. The molecule has 0 bridgehead atoms. The van der Waals surface area contributed by atoms with Gasteiger partial charge in [0.05, 0.1) is 12.2 Å². The third-order valence-electron chi connectivity index (χ3n) is 2.58. The van der Waals surface area contributed by atoms with Crippen LogP contribution in [0, 0.1) is 0 Å². The Kier molecular flexibility index (Phi) is 4.63. The summed E-state index contributed by atoms with van der Waals surface area (Å²) in [4.78, 5) is 11.3. The first kappa shape index (κ1) is 14.4. The first-order chi connectivity index (χ1) is 9.61. The van der Waals surface area contributed by atoms with Crippen LogP contribution in [0.3, 0.4) is 0 Å². The highest BCUT2D eigenvalue weighted by Crippen LogP contribution is 2.16. The van der Waals surface area contributed by atoms with E-state index in [9.17, 15) is 0 Å². The van der Waals surface area contributed by atoms with Gasteiger partial charge in [0, 0.05) is 25.9 Å². The normalized spacial score (nSPS) is 16.8. The van der Waals surface area contributed by atoms with Gasteiger partial charge in [-0.25, -0.2) is 4.99 Å². The molecule has 1 aliphatic heterocycles. The van der Waals surface area contributed by atoms with Crippen LogP contribution >= 0.6 is 12.2 Å². The molecule has 0 fully saturated rings. The van der Waals surface area contributed by atoms with Gasteiger partial charge in [-0.15, -0.1) is 0 Å². The molecule has 0 saturated carbocycles. The highest BCUT2D eigenvalue weighted by atomic mass is 32.1. The van der Waals surface area contributed by atoms with Gasteiger partial charge < -0.3 is 9.64 Å². The van der Waals surface area contributed by atoms with Crippen molar-refractivity contribution in [3.05, 3.63) is 47.7 Å². The fourth-order valence-electron chi connectivity index (χ4n) is 1.76. The van der Waals surface area contributed by atoms with Crippen LogP contribution in [0.1, 0.15) is 12.5 Å². The van der Waals surface area contributed by atoms with Crippen molar-refractivity contribution < 1.29 is 4.74 Å². The van der Waals surface area contributed by atoms with Crippen LogP contribution in [0.2, 0.25) is 0 Å². The monoisotopic (exact) mass is 287 g/mol. The zero-order valence-corrected chi connectivity index (χ0v) is 12.6. The molecule has 0 atom stereocenters. The minimum Gasteiger partial charge on any atom is -0.477 e. The number of thiocarbonyl (C=S) groups is 1. The van der Waals surface area contributed by atoms with E-state index in [4.69, 9.17) is 17.0 Å². The molecular weight excluding hydrogens is 270 g/mol. The first-order valence-corrected chi connectivity index (χ1v) is 6.81. The zero-order chi connectivity index (χ0) is 14.5. The van der Waals surface area contributed by atoms with Crippen molar-refractivity contribution in [2.75, 3.05) is 20.7 Å². The number of aliphatic imine (C=N–C) groups is 2. The average molecular weight is 287 g/mol. The van der Waals surface area contributed by atoms with Crippen molar-refractivity contribution in [1.82, 2.24) is 4.90 Å². The quantitative estimate of drug-likeness (QED) is 0.633. The summed E-state index contributed by atoms with van der Waals surface area (Å²) in [5.74, 6) is 1.12. The maximum atomic E-state index is 5.61. The standard InChI is InChI=1S/C15H17N3OS/c1-4-19-14-12(10-18(2)3)15(20)17-13(16-14)11-8-6-5-7-9-11/h5-10H,4H2,1-3H3/b12-10-. The largest absolute Gasteiger partial charge is 0.477 e. The Balaban J connectivity index is 2.42. The van der Waals surface area contributed by atoms with Gasteiger partial charge in [-0.05, 0) is 6.92 Å². The Labute approximate surface area is 124 Å². The molecule has 0 aliphatic carbocycles. The van der Waals surface area contributed by atoms with Gasteiger partial charge >= 0.3 is 0 Å². The summed E-state index contributed by atoms with van der Waals surface area (Å²) in [7, 11) is 3.85. The van der Waals surface area contributed by atoms with E-state index in [1.54, 1.807) is 0 Å². The van der Waals surface area contributed by atoms with E-state index in [-0.39, 0.29) is 0 Å². The molecule has 104 valence electrons. The Hall–Kier alpha value is -2.01. The summed E-state index contributed by atoms with van der Waals surface area (Å²) in [5.41, 5.74) is 1.67. The fourth-order valence-corrected chi connectivity index (χ4v) is 1.99. The lowest BCUT2D eigenvalue weighted by Gasteiger charge is -2.18. The molecule has 0 amide bonds. The maximum Gasteiger partial charge on any atom is 0.227 e. The second-order valence-corrected chi connectivity index (χ2v) is 4.85. The topological polar surface area (TPSA) is 37.2 Å². The van der Waals surface area contributed by atoms with E-state index in [1.807, 2.05) is 62.5 Å². The number of hydrogen-bond donors (Lipinski definition) is 0. The molecule has 1 aromatic carbocycles. The lowest BCUT2D eigenvalue weighted by molar-refractivity contribution is 0.328. The molecule has 20 heavy (non-hydrogen) atoms. The molecule has 1 aromatic rings. The van der Waals surface area contributed by atoms with Gasteiger partial charge in [0.15, 0.2) is 5.84 Å². The second kappa shape index (κ2) is 6.43. The van der Waals surface area contributed by atoms with Crippen LogP contribution in [-0.2, 0) is 4.74 Å². The predicted octanol–water partition coefficient (Wildman–Crippen LogP) is 2.65. The number of hydrogen-bond acceptors (Lipinski definition) is 4. The molecule has 1 aliphatic rings. The van der Waals surface area contributed by atoms with E-state index in [2.05, 4.69) is 9.98 Å². The number of nitrogens with zero attached hydrogens (tertiary/aromatic N) is 3. The highest BCUT2D eigenvalue weighted by molar-refractivity contribution is 7.81. The molecule has 0 saturated heterocycles. The van der Waals surface area contributed by atoms with E-state index < -0.39 is 0 Å². The summed E-state index contributed by atoms with van der Waals surface area (Å²) in [6.07, 6.45) is 1.88. The van der Waals surface area contributed by atoms with Crippen molar-refractivity contribution in [3.63, 3.8) is 0 Å². The Morgan fingerprint density at radius 3 is 2.50 bits per heavy atom. The van der Waals surface area contributed by atoms with Crippen LogP contribution in [0.15, 0.2) is 52.1 Å². The smallest absolute Gasteiger partial charge is 0.227 e. The van der Waals surface area contributed by atoms with Crippen molar-refractivity contribution >= 4 is 28.9 Å². The predicted molar refractivity (Wildman–Crippen MR) is 86.4 cm³/mol. The van der Waals surface area contributed by atoms with Gasteiger partial charge in [0.2, 0.25) is 5.90 Å². The molecule has 0 aromatic heterocycles. The molecule has 0 spiro atoms. The SMILES string of the molecule is CCOC1=NC(c2ccccc2)=NC(=S)/C1=C\N(C)C. The lowest BCUT2D eigenvalue weighted by atomic mass is 10.1. The van der Waals surface area contributed by atoms with Crippen molar-refractivity contribution in [1.29, 1.82) is 0 Å². The van der Waals surface area contributed by atoms with Crippen LogP contribution in [0.25, 0.3) is 0 Å². The molecule has 1 heterocycles. The number of ether oxygens (including phenoxy) is 1. The summed E-state index contributed by atoms with van der Waals surface area (Å²) in [6, 6.07) is 9.75. The van der Waals surface area contributed by atoms with Crippen LogP contribution in [0.4, 0.5) is 0 Å². The minimum absolute atomic E-state index is 0.496. The van der Waals surface area contributed by atoms with E-state index in [0.29, 0.717) is 23.3 Å². The molecule has 2 rings (SSSR count). The first-order valence-electron chi connectivity index (χ1n) is 6.40. The zero-order valence-electron chi connectivity index (χ0n) is 11.8. The fraction of sp³-hybridized carbons (Fsp3) is 0.267. The third kappa shape index (κ3) is 3.30. The second-order valence-electron chi connectivity index (χ2n) is 4.46. The van der Waals surface area contributed by atoms with Crippen molar-refractivity contribution in [3.8, 4) is 0 Å². The average Bonchev–Trinajstić information content (AvgIpc) is 2.43. The van der Waals surface area contributed by atoms with Crippen LogP contribution in [-0.4, -0.2) is 42.3 Å². The van der Waals surface area contributed by atoms with Gasteiger partial charge in [0.25, 0.3) is 0 Å². The van der Waals surface area contributed by atoms with E-state index >= 15 is 0 Å². The minimum atomic E-state index is 0.496. The van der Waals surface area contributed by atoms with Gasteiger partial charge in [-0.1, -0.05) is 42.5 Å². The van der Waals surface area contributed by atoms with E-state index in [0.717, 1.165) is 11.1 Å². The Morgan fingerprint density at radius 1 is 1.20 bits per heavy atom. The summed E-state index contributed by atoms with van der Waals surface area (Å²) in [6.45, 7) is 2.46. The molecule has 0 unspecified atom stereocenters. The summed E-state index contributed by atoms with van der Waals surface area (Å²) < 4.78 is 5.61. The van der Waals surface area contributed by atoms with Crippen LogP contribution < -0.4 is 0 Å². The highest BCUT2D eigenvalue weighted by Gasteiger charge is 2.21. The third-order valence-corrected chi connectivity index (χ3v) is 2.89. The van der Waals surface area contributed by atoms with E-state index in [1.165, 1.54) is 0 Å². The van der Waals surface area contributed by atoms with Gasteiger partial charge in [-0.2, -0.15) is 4.99 Å². The van der Waals surface area contributed by atoms with Gasteiger partial charge in [0.1, 0.15) is 4.99 Å². The molecule has 5 heteroatoms. The molecular formula is C15H17N3OS. The van der Waals surface area contributed by atoms with Crippen LogP contribution in [0.5, 0.6) is 0 Å².